The van der Waals surface area contributed by atoms with E-state index < -0.39 is 0 Å². The Morgan fingerprint density at radius 3 is 2.64 bits per heavy atom. The van der Waals surface area contributed by atoms with Crippen molar-refractivity contribution in [2.24, 2.45) is 9.98 Å². The number of morpholine rings is 1. The summed E-state index contributed by atoms with van der Waals surface area (Å²) in [6, 6.07) is 7.35. The molecule has 1 heterocycles. The lowest BCUT2D eigenvalue weighted by atomic mass is 10.3. The molecule has 0 amide bonds. The SMILES string of the molecule is C=N/C(Cl)=C\C(=N/CN1CCOCC1)Nc1ccc(Cl)cc1. The van der Waals surface area contributed by atoms with E-state index in [1.54, 1.807) is 18.2 Å². The van der Waals surface area contributed by atoms with Crippen LogP contribution in [0, 0.1) is 0 Å². The molecule has 0 bridgehead atoms. The number of hydrogen-bond donors (Lipinski definition) is 1. The molecule has 1 aromatic carbocycles. The average molecular weight is 341 g/mol. The molecule has 2 rings (SSSR count). The molecule has 1 aliphatic heterocycles. The van der Waals surface area contributed by atoms with E-state index >= 15 is 0 Å². The minimum atomic E-state index is 0.280. The van der Waals surface area contributed by atoms with Crippen molar-refractivity contribution in [1.29, 1.82) is 0 Å². The molecule has 1 fully saturated rings. The lowest BCUT2D eigenvalue weighted by Gasteiger charge is -2.24. The van der Waals surface area contributed by atoms with Crippen molar-refractivity contribution < 1.29 is 4.74 Å². The monoisotopic (exact) mass is 340 g/mol. The minimum absolute atomic E-state index is 0.280. The van der Waals surface area contributed by atoms with Crippen LogP contribution >= 0.6 is 23.2 Å². The van der Waals surface area contributed by atoms with Crippen LogP contribution in [0.25, 0.3) is 0 Å². The Kier molecular flexibility index (Phi) is 6.86. The van der Waals surface area contributed by atoms with Crippen LogP contribution in [0.1, 0.15) is 0 Å². The number of hydrogen-bond acceptors (Lipinski definition) is 4. The highest BCUT2D eigenvalue weighted by Crippen LogP contribution is 2.14. The van der Waals surface area contributed by atoms with Gasteiger partial charge in [-0.25, -0.2) is 0 Å². The Hall–Kier alpha value is -1.40. The zero-order valence-electron chi connectivity index (χ0n) is 12.1. The maximum Gasteiger partial charge on any atom is 0.131 e. The van der Waals surface area contributed by atoms with E-state index in [-0.39, 0.29) is 5.16 Å². The van der Waals surface area contributed by atoms with E-state index in [4.69, 9.17) is 27.9 Å². The molecule has 1 aromatic rings. The number of benzene rings is 1. The van der Waals surface area contributed by atoms with Gasteiger partial charge >= 0.3 is 0 Å². The second-order valence-corrected chi connectivity index (χ2v) is 5.50. The first kappa shape index (κ1) is 17.0. The molecule has 0 radical (unpaired) electrons. The number of amidine groups is 1. The van der Waals surface area contributed by atoms with E-state index in [0.29, 0.717) is 17.5 Å². The fourth-order valence-electron chi connectivity index (χ4n) is 1.88. The molecule has 1 N–H and O–H groups in total. The molecule has 0 aromatic heterocycles. The number of ether oxygens (including phenoxy) is 1. The highest BCUT2D eigenvalue weighted by atomic mass is 35.5. The van der Waals surface area contributed by atoms with Crippen molar-refractivity contribution in [2.75, 3.05) is 38.3 Å². The number of anilines is 1. The highest BCUT2D eigenvalue weighted by molar-refractivity contribution is 6.32. The summed E-state index contributed by atoms with van der Waals surface area (Å²) in [5.41, 5.74) is 0.870. The molecular weight excluding hydrogens is 323 g/mol. The number of nitrogens with one attached hydrogen (secondary N) is 1. The topological polar surface area (TPSA) is 49.2 Å². The molecular formula is C15H18Cl2N4O. The fraction of sp³-hybridized carbons (Fsp3) is 0.333. The summed E-state index contributed by atoms with van der Waals surface area (Å²) in [6.45, 7) is 7.18. The molecule has 0 saturated carbocycles. The van der Waals surface area contributed by atoms with Crippen LogP contribution in [0.15, 0.2) is 45.5 Å². The van der Waals surface area contributed by atoms with E-state index in [0.717, 1.165) is 32.0 Å². The van der Waals surface area contributed by atoms with E-state index in [1.807, 2.05) is 12.1 Å². The molecule has 5 nitrogen and oxygen atoms in total. The van der Waals surface area contributed by atoms with Crippen LogP contribution in [0.5, 0.6) is 0 Å². The third-order valence-corrected chi connectivity index (χ3v) is 3.55. The zero-order valence-corrected chi connectivity index (χ0v) is 13.6. The van der Waals surface area contributed by atoms with E-state index in [2.05, 4.69) is 26.9 Å². The van der Waals surface area contributed by atoms with E-state index in [1.165, 1.54) is 0 Å². The van der Waals surface area contributed by atoms with Gasteiger partial charge in [0.1, 0.15) is 11.0 Å². The summed E-state index contributed by atoms with van der Waals surface area (Å²) in [7, 11) is 0. The Morgan fingerprint density at radius 2 is 2.00 bits per heavy atom. The highest BCUT2D eigenvalue weighted by Gasteiger charge is 2.09. The summed E-state index contributed by atoms with van der Waals surface area (Å²) >= 11 is 11.8. The Morgan fingerprint density at radius 1 is 1.32 bits per heavy atom. The van der Waals surface area contributed by atoms with Crippen molar-refractivity contribution in [3.63, 3.8) is 0 Å². The first-order valence-electron chi connectivity index (χ1n) is 6.88. The van der Waals surface area contributed by atoms with E-state index in [9.17, 15) is 0 Å². The molecule has 1 aliphatic rings. The van der Waals surface area contributed by atoms with Crippen molar-refractivity contribution in [3.8, 4) is 0 Å². The van der Waals surface area contributed by atoms with Gasteiger partial charge in [0, 0.05) is 29.9 Å². The zero-order chi connectivity index (χ0) is 15.8. The van der Waals surface area contributed by atoms with Gasteiger partial charge in [-0.2, -0.15) is 0 Å². The Labute approximate surface area is 140 Å². The number of rotatable bonds is 5. The van der Waals surface area contributed by atoms with Gasteiger partial charge in [0.15, 0.2) is 0 Å². The fourth-order valence-corrected chi connectivity index (χ4v) is 2.11. The molecule has 0 atom stereocenters. The van der Waals surface area contributed by atoms with Crippen LogP contribution < -0.4 is 5.32 Å². The van der Waals surface area contributed by atoms with Crippen LogP contribution in [0.4, 0.5) is 5.69 Å². The van der Waals surface area contributed by atoms with Crippen molar-refractivity contribution in [2.45, 2.75) is 0 Å². The lowest BCUT2D eigenvalue weighted by molar-refractivity contribution is 0.0394. The summed E-state index contributed by atoms with van der Waals surface area (Å²) in [5.74, 6) is 0.617. The van der Waals surface area contributed by atoms with Gasteiger partial charge in [-0.3, -0.25) is 14.9 Å². The Bertz CT molecular complexity index is 551. The molecule has 0 spiro atoms. The van der Waals surface area contributed by atoms with Gasteiger partial charge in [-0.1, -0.05) is 23.2 Å². The van der Waals surface area contributed by atoms with Crippen molar-refractivity contribution in [1.82, 2.24) is 4.90 Å². The van der Waals surface area contributed by atoms with Crippen LogP contribution in [-0.4, -0.2) is 50.4 Å². The van der Waals surface area contributed by atoms with Gasteiger partial charge in [0.05, 0.1) is 19.9 Å². The van der Waals surface area contributed by atoms with Gasteiger partial charge in [0.25, 0.3) is 0 Å². The molecule has 7 heteroatoms. The number of nitrogens with zero attached hydrogens (tertiary/aromatic N) is 3. The summed E-state index contributed by atoms with van der Waals surface area (Å²) in [4.78, 5) is 10.4. The second kappa shape index (κ2) is 8.90. The first-order valence-corrected chi connectivity index (χ1v) is 7.64. The number of halogens is 2. The normalized spacial score (nSPS) is 17.4. The lowest BCUT2D eigenvalue weighted by Crippen LogP contribution is -2.36. The number of aliphatic imine (C=N–C) groups is 2. The predicted octanol–water partition coefficient (Wildman–Crippen LogP) is 3.22. The van der Waals surface area contributed by atoms with Gasteiger partial charge < -0.3 is 10.1 Å². The first-order chi connectivity index (χ1) is 10.7. The molecule has 118 valence electrons. The van der Waals surface area contributed by atoms with Crippen LogP contribution in [0.2, 0.25) is 5.02 Å². The largest absolute Gasteiger partial charge is 0.379 e. The van der Waals surface area contributed by atoms with Gasteiger partial charge in [0.2, 0.25) is 0 Å². The maximum atomic E-state index is 5.93. The smallest absolute Gasteiger partial charge is 0.131 e. The van der Waals surface area contributed by atoms with Crippen molar-refractivity contribution >= 4 is 41.4 Å². The van der Waals surface area contributed by atoms with Gasteiger partial charge in [-0.05, 0) is 31.0 Å². The van der Waals surface area contributed by atoms with Crippen LogP contribution in [0.3, 0.4) is 0 Å². The van der Waals surface area contributed by atoms with Crippen molar-refractivity contribution in [3.05, 3.63) is 40.5 Å². The third kappa shape index (κ3) is 5.77. The molecule has 0 unspecified atom stereocenters. The molecule has 0 aliphatic carbocycles. The summed E-state index contributed by atoms with van der Waals surface area (Å²) in [5, 5.41) is 4.16. The Balaban J connectivity index is 2.07. The maximum absolute atomic E-state index is 5.93. The third-order valence-electron chi connectivity index (χ3n) is 3.07. The van der Waals surface area contributed by atoms with Crippen LogP contribution in [-0.2, 0) is 4.74 Å². The van der Waals surface area contributed by atoms with Gasteiger partial charge in [-0.15, -0.1) is 0 Å². The summed E-state index contributed by atoms with van der Waals surface area (Å²) < 4.78 is 5.32. The predicted molar refractivity (Wildman–Crippen MR) is 93.3 cm³/mol. The quantitative estimate of drug-likeness (QED) is 0.508. The minimum Gasteiger partial charge on any atom is -0.379 e. The summed E-state index contributed by atoms with van der Waals surface area (Å²) in [6.07, 6.45) is 1.64. The standard InChI is InChI=1S/C15H18Cl2N4O/c1-18-14(17)10-15(19-11-21-6-8-22-9-7-21)20-13-4-2-12(16)3-5-13/h2-5,10H,1,6-9,11H2,(H,19,20)/b14-10-. The molecule has 1 saturated heterocycles. The average Bonchev–Trinajstić information content (AvgIpc) is 2.55. The molecule has 22 heavy (non-hydrogen) atoms. The second-order valence-electron chi connectivity index (χ2n) is 4.67.